The Labute approximate surface area is 141 Å². The van der Waals surface area contributed by atoms with Crippen molar-refractivity contribution < 1.29 is 14.6 Å². The number of allylic oxidation sites excluding steroid dienone is 1. The van der Waals surface area contributed by atoms with Crippen LogP contribution in [0.5, 0.6) is 11.5 Å². The first kappa shape index (κ1) is 16.3. The van der Waals surface area contributed by atoms with E-state index in [0.29, 0.717) is 18.6 Å². The van der Waals surface area contributed by atoms with Crippen LogP contribution in [0.25, 0.3) is 5.57 Å². The van der Waals surface area contributed by atoms with Gasteiger partial charge in [0.2, 0.25) is 0 Å². The Kier molecular flexibility index (Phi) is 4.99. The second-order valence-corrected chi connectivity index (χ2v) is 5.92. The Hall–Kier alpha value is -2.56. The first-order valence-electron chi connectivity index (χ1n) is 8.37. The summed E-state index contributed by atoms with van der Waals surface area (Å²) in [6, 6.07) is 6.93. The molecular weight excluding hydrogens is 304 g/mol. The highest BCUT2D eigenvalue weighted by Crippen LogP contribution is 2.33. The largest absolute Gasteiger partial charge is 0.507 e. The fraction of sp³-hybridized carbons (Fsp3) is 0.368. The Bertz CT molecular complexity index is 762. The van der Waals surface area contributed by atoms with Crippen molar-refractivity contribution in [1.29, 1.82) is 0 Å². The van der Waals surface area contributed by atoms with Crippen LogP contribution in [0.2, 0.25) is 0 Å². The SMILES string of the molecule is CCn1nccc1C1=C(COc2cccc(O)c2C=O)CCCC1. The van der Waals surface area contributed by atoms with Crippen LogP contribution in [0, 0.1) is 0 Å². The average Bonchev–Trinajstić information content (AvgIpc) is 3.08. The fourth-order valence-electron chi connectivity index (χ4n) is 3.22. The Morgan fingerprint density at radius 1 is 1.29 bits per heavy atom. The molecule has 0 unspecified atom stereocenters. The van der Waals surface area contributed by atoms with Gasteiger partial charge in [0.25, 0.3) is 0 Å². The number of rotatable bonds is 6. The zero-order chi connectivity index (χ0) is 16.9. The third kappa shape index (κ3) is 3.20. The Morgan fingerprint density at radius 3 is 2.92 bits per heavy atom. The summed E-state index contributed by atoms with van der Waals surface area (Å²) >= 11 is 0. The van der Waals surface area contributed by atoms with E-state index in [2.05, 4.69) is 18.1 Å². The number of nitrogens with zero attached hydrogens (tertiary/aromatic N) is 2. The van der Waals surface area contributed by atoms with Gasteiger partial charge in [0.05, 0.1) is 11.3 Å². The zero-order valence-electron chi connectivity index (χ0n) is 13.9. The van der Waals surface area contributed by atoms with Crippen molar-refractivity contribution in [3.05, 3.63) is 47.3 Å². The zero-order valence-corrected chi connectivity index (χ0v) is 13.9. The summed E-state index contributed by atoms with van der Waals surface area (Å²) in [6.07, 6.45) is 6.78. The maximum absolute atomic E-state index is 11.2. The van der Waals surface area contributed by atoms with E-state index >= 15 is 0 Å². The number of phenols is 1. The number of benzene rings is 1. The number of carbonyl (C=O) groups is 1. The van der Waals surface area contributed by atoms with Crippen LogP contribution in [0.4, 0.5) is 0 Å². The maximum Gasteiger partial charge on any atom is 0.157 e. The quantitative estimate of drug-likeness (QED) is 0.820. The van der Waals surface area contributed by atoms with Crippen molar-refractivity contribution >= 4 is 11.9 Å². The molecule has 24 heavy (non-hydrogen) atoms. The van der Waals surface area contributed by atoms with Gasteiger partial charge < -0.3 is 9.84 Å². The topological polar surface area (TPSA) is 64.3 Å². The molecule has 3 rings (SSSR count). The van der Waals surface area contributed by atoms with Crippen molar-refractivity contribution in [2.75, 3.05) is 6.61 Å². The van der Waals surface area contributed by atoms with Gasteiger partial charge in [0.15, 0.2) is 6.29 Å². The first-order valence-corrected chi connectivity index (χ1v) is 8.37. The van der Waals surface area contributed by atoms with E-state index in [-0.39, 0.29) is 11.3 Å². The van der Waals surface area contributed by atoms with E-state index in [9.17, 15) is 9.90 Å². The molecule has 1 heterocycles. The molecule has 0 aliphatic heterocycles. The molecule has 0 amide bonds. The van der Waals surface area contributed by atoms with Gasteiger partial charge in [-0.1, -0.05) is 6.07 Å². The lowest BCUT2D eigenvalue weighted by Crippen LogP contribution is -2.12. The molecule has 1 N–H and O–H groups in total. The van der Waals surface area contributed by atoms with Crippen LogP contribution in [-0.4, -0.2) is 27.8 Å². The van der Waals surface area contributed by atoms with Gasteiger partial charge in [-0.15, -0.1) is 0 Å². The van der Waals surface area contributed by atoms with Gasteiger partial charge in [-0.2, -0.15) is 5.10 Å². The molecule has 1 aliphatic rings. The lowest BCUT2D eigenvalue weighted by Gasteiger charge is -2.22. The third-order valence-corrected chi connectivity index (χ3v) is 4.47. The number of aryl methyl sites for hydroxylation is 1. The first-order chi connectivity index (χ1) is 11.7. The molecule has 0 radical (unpaired) electrons. The van der Waals surface area contributed by atoms with Crippen LogP contribution < -0.4 is 4.74 Å². The van der Waals surface area contributed by atoms with Crippen molar-refractivity contribution in [3.63, 3.8) is 0 Å². The number of hydrogen-bond donors (Lipinski definition) is 1. The van der Waals surface area contributed by atoms with E-state index in [1.165, 1.54) is 23.6 Å². The third-order valence-electron chi connectivity index (χ3n) is 4.47. The van der Waals surface area contributed by atoms with Gasteiger partial charge >= 0.3 is 0 Å². The predicted molar refractivity (Wildman–Crippen MR) is 92.3 cm³/mol. The molecule has 1 aliphatic carbocycles. The lowest BCUT2D eigenvalue weighted by molar-refractivity contribution is 0.111. The van der Waals surface area contributed by atoms with Gasteiger partial charge in [0, 0.05) is 12.7 Å². The molecule has 0 fully saturated rings. The van der Waals surface area contributed by atoms with Gasteiger partial charge in [-0.05, 0) is 62.0 Å². The summed E-state index contributed by atoms with van der Waals surface area (Å²) in [7, 11) is 0. The van der Waals surface area contributed by atoms with E-state index in [1.54, 1.807) is 12.1 Å². The number of hydrogen-bond acceptors (Lipinski definition) is 4. The van der Waals surface area contributed by atoms with Crippen LogP contribution >= 0.6 is 0 Å². The summed E-state index contributed by atoms with van der Waals surface area (Å²) in [5.74, 6) is 0.371. The highest BCUT2D eigenvalue weighted by molar-refractivity contribution is 5.83. The molecular formula is C19H22N2O3. The number of aromatic nitrogens is 2. The van der Waals surface area contributed by atoms with Crippen LogP contribution in [0.15, 0.2) is 36.0 Å². The summed E-state index contributed by atoms with van der Waals surface area (Å²) < 4.78 is 7.88. The average molecular weight is 326 g/mol. The molecule has 0 spiro atoms. The molecule has 2 aromatic rings. The van der Waals surface area contributed by atoms with Gasteiger partial charge in [0.1, 0.15) is 18.1 Å². The van der Waals surface area contributed by atoms with Gasteiger partial charge in [-0.25, -0.2) is 0 Å². The van der Waals surface area contributed by atoms with Crippen molar-refractivity contribution in [3.8, 4) is 11.5 Å². The number of aromatic hydroxyl groups is 1. The minimum Gasteiger partial charge on any atom is -0.507 e. The van der Waals surface area contributed by atoms with Crippen LogP contribution in [0.3, 0.4) is 0 Å². The minimum atomic E-state index is -0.0515. The molecule has 5 heteroatoms. The lowest BCUT2D eigenvalue weighted by atomic mass is 9.90. The molecule has 126 valence electrons. The maximum atomic E-state index is 11.2. The van der Waals surface area contributed by atoms with Crippen molar-refractivity contribution in [1.82, 2.24) is 9.78 Å². The Balaban J connectivity index is 1.87. The van der Waals surface area contributed by atoms with E-state index in [1.807, 2.05) is 10.9 Å². The second-order valence-electron chi connectivity index (χ2n) is 5.92. The molecule has 0 atom stereocenters. The highest BCUT2D eigenvalue weighted by Gasteiger charge is 2.18. The van der Waals surface area contributed by atoms with Crippen LogP contribution in [0.1, 0.15) is 48.7 Å². The van der Waals surface area contributed by atoms with E-state index in [0.717, 1.165) is 31.5 Å². The predicted octanol–water partition coefficient (Wildman–Crippen LogP) is 3.83. The van der Waals surface area contributed by atoms with E-state index in [4.69, 9.17) is 4.74 Å². The highest BCUT2D eigenvalue weighted by atomic mass is 16.5. The number of carbonyl (C=O) groups excluding carboxylic acids is 1. The molecule has 0 saturated heterocycles. The van der Waals surface area contributed by atoms with E-state index < -0.39 is 0 Å². The molecule has 0 bridgehead atoms. The summed E-state index contributed by atoms with van der Waals surface area (Å²) in [5, 5.41) is 14.1. The van der Waals surface area contributed by atoms with Crippen molar-refractivity contribution in [2.24, 2.45) is 0 Å². The van der Waals surface area contributed by atoms with Gasteiger partial charge in [-0.3, -0.25) is 9.48 Å². The summed E-state index contributed by atoms with van der Waals surface area (Å²) in [4.78, 5) is 11.2. The molecule has 1 aromatic carbocycles. The molecule has 0 saturated carbocycles. The number of phenolic OH excluding ortho intramolecular Hbond substituents is 1. The fourth-order valence-corrected chi connectivity index (χ4v) is 3.22. The van der Waals surface area contributed by atoms with Crippen LogP contribution in [-0.2, 0) is 6.54 Å². The normalized spacial score (nSPS) is 14.7. The standard InChI is InChI=1S/C19H22N2O3/c1-2-21-17(10-11-20-21)15-7-4-3-6-14(15)13-24-19-9-5-8-18(23)16(19)12-22/h5,8-12,23H,2-4,6-7,13H2,1H3. The smallest absolute Gasteiger partial charge is 0.157 e. The Morgan fingerprint density at radius 2 is 2.12 bits per heavy atom. The second kappa shape index (κ2) is 7.34. The molecule has 1 aromatic heterocycles. The van der Waals surface area contributed by atoms with Crippen molar-refractivity contribution in [2.45, 2.75) is 39.2 Å². The summed E-state index contributed by atoms with van der Waals surface area (Å²) in [5.41, 5.74) is 3.90. The minimum absolute atomic E-state index is 0.0515. The summed E-state index contributed by atoms with van der Waals surface area (Å²) in [6.45, 7) is 3.34. The molecule has 5 nitrogen and oxygen atoms in total. The number of aldehydes is 1. The monoisotopic (exact) mass is 326 g/mol. The number of ether oxygens (including phenoxy) is 1.